The van der Waals surface area contributed by atoms with Gasteiger partial charge in [-0.2, -0.15) is 0 Å². The minimum atomic E-state index is -0.416. The van der Waals surface area contributed by atoms with Crippen molar-refractivity contribution < 1.29 is 5.11 Å². The Morgan fingerprint density at radius 2 is 1.77 bits per heavy atom. The Morgan fingerprint density at radius 3 is 2.23 bits per heavy atom. The third-order valence-electron chi connectivity index (χ3n) is 2.02. The van der Waals surface area contributed by atoms with Crippen LogP contribution >= 0.6 is 0 Å². The molecular weight excluding hydrogens is 162 g/mol. The minimum absolute atomic E-state index is 0.326. The number of aliphatic hydroxyl groups excluding tert-OH is 1. The molecule has 2 nitrogen and oxygen atoms in total. The molecule has 0 radical (unpaired) electrons. The van der Waals surface area contributed by atoms with Gasteiger partial charge < -0.3 is 10.8 Å². The van der Waals surface area contributed by atoms with E-state index in [0.717, 1.165) is 5.56 Å². The number of rotatable bonds is 3. The molecule has 1 atom stereocenters. The average Bonchev–Trinajstić information content (AvgIpc) is 2.02. The van der Waals surface area contributed by atoms with Gasteiger partial charge >= 0.3 is 0 Å². The zero-order valence-corrected chi connectivity index (χ0v) is 8.25. The van der Waals surface area contributed by atoms with Gasteiger partial charge in [0, 0.05) is 6.54 Å². The summed E-state index contributed by atoms with van der Waals surface area (Å²) in [4.78, 5) is 0. The van der Waals surface area contributed by atoms with Crippen molar-refractivity contribution in [2.45, 2.75) is 26.4 Å². The summed E-state index contributed by atoms with van der Waals surface area (Å²) in [5.41, 5.74) is 8.98. The van der Waals surface area contributed by atoms with Crippen LogP contribution in [0.15, 0.2) is 18.2 Å². The summed E-state index contributed by atoms with van der Waals surface area (Å²) < 4.78 is 0. The molecule has 0 bridgehead atoms. The summed E-state index contributed by atoms with van der Waals surface area (Å²) >= 11 is 0. The van der Waals surface area contributed by atoms with E-state index in [-0.39, 0.29) is 0 Å². The second-order valence-corrected chi connectivity index (χ2v) is 3.59. The third kappa shape index (κ3) is 3.17. The highest BCUT2D eigenvalue weighted by atomic mass is 16.3. The first-order chi connectivity index (χ1) is 6.11. The van der Waals surface area contributed by atoms with Crippen molar-refractivity contribution in [3.8, 4) is 0 Å². The molecule has 0 heterocycles. The Labute approximate surface area is 79.4 Å². The zero-order chi connectivity index (χ0) is 9.84. The molecule has 0 saturated heterocycles. The molecule has 13 heavy (non-hydrogen) atoms. The third-order valence-corrected chi connectivity index (χ3v) is 2.02. The van der Waals surface area contributed by atoms with Gasteiger partial charge in [-0.25, -0.2) is 0 Å². The lowest BCUT2D eigenvalue weighted by molar-refractivity contribution is 0.183. The van der Waals surface area contributed by atoms with Gasteiger partial charge in [-0.3, -0.25) is 0 Å². The van der Waals surface area contributed by atoms with Gasteiger partial charge in [-0.05, 0) is 25.8 Å². The quantitative estimate of drug-likeness (QED) is 0.731. The van der Waals surface area contributed by atoms with Crippen LogP contribution in [0.4, 0.5) is 0 Å². The second kappa shape index (κ2) is 4.40. The molecule has 0 aromatic heterocycles. The maximum Gasteiger partial charge on any atom is 0.0702 e. The molecule has 0 saturated carbocycles. The zero-order valence-electron chi connectivity index (χ0n) is 8.25. The van der Waals surface area contributed by atoms with Crippen molar-refractivity contribution in [3.05, 3.63) is 34.9 Å². The SMILES string of the molecule is Cc1cc(C)cc(CC(O)CN)c1. The molecule has 3 N–H and O–H groups in total. The van der Waals surface area contributed by atoms with E-state index in [1.165, 1.54) is 11.1 Å². The molecule has 0 aliphatic carbocycles. The van der Waals surface area contributed by atoms with Crippen LogP contribution in [0.1, 0.15) is 16.7 Å². The highest BCUT2D eigenvalue weighted by Gasteiger charge is 2.03. The van der Waals surface area contributed by atoms with E-state index in [1.807, 2.05) is 0 Å². The van der Waals surface area contributed by atoms with Crippen molar-refractivity contribution in [2.75, 3.05) is 6.54 Å². The van der Waals surface area contributed by atoms with Crippen LogP contribution in [-0.2, 0) is 6.42 Å². The molecule has 0 amide bonds. The Bertz CT molecular complexity index is 263. The topological polar surface area (TPSA) is 46.2 Å². The van der Waals surface area contributed by atoms with Crippen LogP contribution in [-0.4, -0.2) is 17.8 Å². The van der Waals surface area contributed by atoms with Crippen LogP contribution in [0, 0.1) is 13.8 Å². The summed E-state index contributed by atoms with van der Waals surface area (Å²) in [5.74, 6) is 0. The fourth-order valence-corrected chi connectivity index (χ4v) is 1.54. The molecule has 72 valence electrons. The normalized spacial score (nSPS) is 12.9. The lowest BCUT2D eigenvalue weighted by atomic mass is 10.0. The van der Waals surface area contributed by atoms with Gasteiger partial charge in [-0.1, -0.05) is 29.3 Å². The standard InChI is InChI=1S/C11H17NO/c1-8-3-9(2)5-10(4-8)6-11(13)7-12/h3-5,11,13H,6-7,12H2,1-2H3. The van der Waals surface area contributed by atoms with Gasteiger partial charge in [0.1, 0.15) is 0 Å². The largest absolute Gasteiger partial charge is 0.391 e. The van der Waals surface area contributed by atoms with Crippen LogP contribution in [0.5, 0.6) is 0 Å². The van der Waals surface area contributed by atoms with E-state index in [4.69, 9.17) is 5.73 Å². The number of aliphatic hydroxyl groups is 1. The molecular formula is C11H17NO. The molecule has 1 rings (SSSR count). The molecule has 0 fully saturated rings. The van der Waals surface area contributed by atoms with Gasteiger partial charge in [0.2, 0.25) is 0 Å². The van der Waals surface area contributed by atoms with Crippen LogP contribution in [0.3, 0.4) is 0 Å². The maximum absolute atomic E-state index is 9.37. The van der Waals surface area contributed by atoms with Crippen molar-refractivity contribution in [1.82, 2.24) is 0 Å². The fourth-order valence-electron chi connectivity index (χ4n) is 1.54. The molecule has 2 heteroatoms. The number of nitrogens with two attached hydrogens (primary N) is 1. The van der Waals surface area contributed by atoms with Gasteiger partial charge in [0.05, 0.1) is 6.10 Å². The average molecular weight is 179 g/mol. The van der Waals surface area contributed by atoms with E-state index >= 15 is 0 Å². The number of hydrogen-bond donors (Lipinski definition) is 2. The predicted molar refractivity (Wildman–Crippen MR) is 54.7 cm³/mol. The van der Waals surface area contributed by atoms with Gasteiger partial charge in [0.15, 0.2) is 0 Å². The van der Waals surface area contributed by atoms with Crippen molar-refractivity contribution in [2.24, 2.45) is 5.73 Å². The maximum atomic E-state index is 9.37. The number of aryl methyl sites for hydroxylation is 2. The van der Waals surface area contributed by atoms with E-state index < -0.39 is 6.10 Å². The highest BCUT2D eigenvalue weighted by molar-refractivity contribution is 5.28. The molecule has 0 aliphatic heterocycles. The van der Waals surface area contributed by atoms with Crippen molar-refractivity contribution in [3.63, 3.8) is 0 Å². The minimum Gasteiger partial charge on any atom is -0.391 e. The first-order valence-corrected chi connectivity index (χ1v) is 4.57. The van der Waals surface area contributed by atoms with Gasteiger partial charge in [0.25, 0.3) is 0 Å². The molecule has 1 aromatic rings. The summed E-state index contributed by atoms with van der Waals surface area (Å²) in [7, 11) is 0. The summed E-state index contributed by atoms with van der Waals surface area (Å²) in [6, 6.07) is 6.30. The Balaban J connectivity index is 2.77. The number of benzene rings is 1. The van der Waals surface area contributed by atoms with Crippen LogP contribution in [0.25, 0.3) is 0 Å². The lowest BCUT2D eigenvalue weighted by Crippen LogP contribution is -2.22. The van der Waals surface area contributed by atoms with Crippen molar-refractivity contribution in [1.29, 1.82) is 0 Å². The smallest absolute Gasteiger partial charge is 0.0702 e. The first kappa shape index (κ1) is 10.2. The summed E-state index contributed by atoms with van der Waals surface area (Å²) in [6.07, 6.45) is 0.236. The molecule has 0 spiro atoms. The Morgan fingerprint density at radius 1 is 1.23 bits per heavy atom. The van der Waals surface area contributed by atoms with E-state index in [1.54, 1.807) is 0 Å². The summed E-state index contributed by atoms with van der Waals surface area (Å²) in [6.45, 7) is 4.45. The van der Waals surface area contributed by atoms with Crippen molar-refractivity contribution >= 4 is 0 Å². The highest BCUT2D eigenvalue weighted by Crippen LogP contribution is 2.10. The van der Waals surface area contributed by atoms with Crippen LogP contribution < -0.4 is 5.73 Å². The first-order valence-electron chi connectivity index (χ1n) is 4.57. The number of hydrogen-bond acceptors (Lipinski definition) is 2. The van der Waals surface area contributed by atoms with Gasteiger partial charge in [-0.15, -0.1) is 0 Å². The predicted octanol–water partition coefficient (Wildman–Crippen LogP) is 1.17. The molecule has 1 aromatic carbocycles. The van der Waals surface area contributed by atoms with E-state index in [0.29, 0.717) is 13.0 Å². The Hall–Kier alpha value is -0.860. The monoisotopic (exact) mass is 179 g/mol. The van der Waals surface area contributed by atoms with E-state index in [2.05, 4.69) is 32.0 Å². The fraction of sp³-hybridized carbons (Fsp3) is 0.455. The molecule has 0 aliphatic rings. The summed E-state index contributed by atoms with van der Waals surface area (Å²) in [5, 5.41) is 9.37. The molecule has 1 unspecified atom stereocenters. The second-order valence-electron chi connectivity index (χ2n) is 3.59. The Kier molecular flexibility index (Phi) is 3.46. The van der Waals surface area contributed by atoms with Crippen LogP contribution in [0.2, 0.25) is 0 Å². The lowest BCUT2D eigenvalue weighted by Gasteiger charge is -2.09. The van der Waals surface area contributed by atoms with E-state index in [9.17, 15) is 5.11 Å².